The summed E-state index contributed by atoms with van der Waals surface area (Å²) in [6.07, 6.45) is 0. The van der Waals surface area contributed by atoms with E-state index in [-0.39, 0.29) is 16.3 Å². The van der Waals surface area contributed by atoms with Crippen LogP contribution in [0.3, 0.4) is 0 Å². The van der Waals surface area contributed by atoms with Crippen LogP contribution >= 0.6 is 11.6 Å². The van der Waals surface area contributed by atoms with E-state index in [1.165, 1.54) is 18.2 Å². The van der Waals surface area contributed by atoms with Crippen molar-refractivity contribution in [2.45, 2.75) is 13.8 Å². The molecule has 0 bridgehead atoms. The highest BCUT2D eigenvalue weighted by molar-refractivity contribution is 6.32. The lowest BCUT2D eigenvalue weighted by molar-refractivity contribution is 0.0846. The second-order valence-corrected chi connectivity index (χ2v) is 5.30. The lowest BCUT2D eigenvalue weighted by Crippen LogP contribution is -2.41. The number of aromatic hydroxyl groups is 1. The lowest BCUT2D eigenvalue weighted by atomic mass is 10.1. The second kappa shape index (κ2) is 6.49. The summed E-state index contributed by atoms with van der Waals surface area (Å²) in [5.41, 5.74) is 7.23. The van der Waals surface area contributed by atoms with Crippen molar-refractivity contribution in [1.29, 1.82) is 0 Å². The summed E-state index contributed by atoms with van der Waals surface area (Å²) in [5, 5.41) is 9.38. The molecule has 0 saturated carbocycles. The quantitative estimate of drug-likeness (QED) is 0.745. The molecule has 0 aliphatic carbocycles. The second-order valence-electron chi connectivity index (χ2n) is 4.89. The molecule has 0 aliphatic heterocycles. The first-order valence-electron chi connectivity index (χ1n) is 6.55. The van der Waals surface area contributed by atoms with E-state index in [1.54, 1.807) is 6.07 Å². The van der Waals surface area contributed by atoms with Gasteiger partial charge in [-0.3, -0.25) is 20.4 Å². The Morgan fingerprint density at radius 3 is 2.32 bits per heavy atom. The number of benzene rings is 2. The Labute approximate surface area is 132 Å². The van der Waals surface area contributed by atoms with Gasteiger partial charge in [-0.15, -0.1) is 0 Å². The monoisotopic (exact) mass is 318 g/mol. The van der Waals surface area contributed by atoms with Crippen LogP contribution in [-0.4, -0.2) is 16.9 Å². The number of amides is 2. The Morgan fingerprint density at radius 1 is 1.00 bits per heavy atom. The zero-order chi connectivity index (χ0) is 16.3. The van der Waals surface area contributed by atoms with Gasteiger partial charge < -0.3 is 5.11 Å². The lowest BCUT2D eigenvalue weighted by Gasteiger charge is -2.10. The van der Waals surface area contributed by atoms with E-state index in [0.717, 1.165) is 11.1 Å². The van der Waals surface area contributed by atoms with Gasteiger partial charge in [-0.05, 0) is 43.7 Å². The van der Waals surface area contributed by atoms with Gasteiger partial charge in [0.15, 0.2) is 0 Å². The Kier molecular flexibility index (Phi) is 4.68. The first kappa shape index (κ1) is 15.9. The van der Waals surface area contributed by atoms with Crippen LogP contribution in [0, 0.1) is 13.8 Å². The van der Waals surface area contributed by atoms with Gasteiger partial charge >= 0.3 is 0 Å². The summed E-state index contributed by atoms with van der Waals surface area (Å²) in [4.78, 5) is 24.0. The molecule has 0 spiro atoms. The number of rotatable bonds is 2. The highest BCUT2D eigenvalue weighted by atomic mass is 35.5. The number of hydrogen-bond donors (Lipinski definition) is 3. The van der Waals surface area contributed by atoms with Crippen LogP contribution in [0.25, 0.3) is 0 Å². The van der Waals surface area contributed by atoms with E-state index in [2.05, 4.69) is 10.9 Å². The molecule has 2 aromatic carbocycles. The number of carbonyl (C=O) groups excluding carboxylic acids is 2. The molecule has 22 heavy (non-hydrogen) atoms. The maximum Gasteiger partial charge on any atom is 0.269 e. The molecule has 5 nitrogen and oxygen atoms in total. The summed E-state index contributed by atoms with van der Waals surface area (Å²) in [6.45, 7) is 3.76. The molecule has 0 fully saturated rings. The minimum Gasteiger partial charge on any atom is -0.506 e. The van der Waals surface area contributed by atoms with Gasteiger partial charge in [-0.2, -0.15) is 0 Å². The third-order valence-corrected chi connectivity index (χ3v) is 3.43. The minimum absolute atomic E-state index is 0.0633. The fourth-order valence-corrected chi connectivity index (χ4v) is 2.15. The minimum atomic E-state index is -0.528. The number of aryl methyl sites for hydroxylation is 2. The van der Waals surface area contributed by atoms with E-state index in [9.17, 15) is 14.7 Å². The van der Waals surface area contributed by atoms with Crippen LogP contribution < -0.4 is 10.9 Å². The van der Waals surface area contributed by atoms with E-state index in [0.29, 0.717) is 5.56 Å². The van der Waals surface area contributed by atoms with Crippen LogP contribution in [0.5, 0.6) is 5.75 Å². The fourth-order valence-electron chi connectivity index (χ4n) is 1.97. The zero-order valence-corrected chi connectivity index (χ0v) is 12.9. The normalized spacial score (nSPS) is 10.1. The van der Waals surface area contributed by atoms with Crippen molar-refractivity contribution >= 4 is 23.4 Å². The van der Waals surface area contributed by atoms with Crippen molar-refractivity contribution in [3.8, 4) is 5.75 Å². The summed E-state index contributed by atoms with van der Waals surface area (Å²) < 4.78 is 0. The molecular formula is C16H15ClN2O3. The van der Waals surface area contributed by atoms with Crippen LogP contribution in [0.15, 0.2) is 36.4 Å². The van der Waals surface area contributed by atoms with Crippen LogP contribution in [0.4, 0.5) is 0 Å². The van der Waals surface area contributed by atoms with Gasteiger partial charge in [-0.1, -0.05) is 29.3 Å². The molecule has 0 atom stereocenters. The molecule has 0 aromatic heterocycles. The van der Waals surface area contributed by atoms with Crippen molar-refractivity contribution in [2.24, 2.45) is 0 Å². The van der Waals surface area contributed by atoms with Gasteiger partial charge in [0.2, 0.25) is 0 Å². The number of halogens is 1. The molecule has 6 heteroatoms. The number of carbonyl (C=O) groups is 2. The number of nitrogens with one attached hydrogen (secondary N) is 2. The predicted molar refractivity (Wildman–Crippen MR) is 84.0 cm³/mol. The average molecular weight is 319 g/mol. The van der Waals surface area contributed by atoms with Gasteiger partial charge in [-0.25, -0.2) is 0 Å². The van der Waals surface area contributed by atoms with E-state index >= 15 is 0 Å². The maximum absolute atomic E-state index is 12.0. The molecule has 2 aromatic rings. The first-order chi connectivity index (χ1) is 10.4. The molecule has 114 valence electrons. The van der Waals surface area contributed by atoms with E-state index in [4.69, 9.17) is 11.6 Å². The first-order valence-corrected chi connectivity index (χ1v) is 6.92. The van der Waals surface area contributed by atoms with Crippen LogP contribution in [0.2, 0.25) is 5.02 Å². The van der Waals surface area contributed by atoms with E-state index < -0.39 is 11.8 Å². The van der Waals surface area contributed by atoms with Gasteiger partial charge in [0, 0.05) is 11.1 Å². The number of hydrazine groups is 1. The Bertz CT molecular complexity index is 744. The van der Waals surface area contributed by atoms with Crippen molar-refractivity contribution in [2.75, 3.05) is 0 Å². The molecule has 0 saturated heterocycles. The summed E-state index contributed by atoms with van der Waals surface area (Å²) in [7, 11) is 0. The van der Waals surface area contributed by atoms with Gasteiger partial charge in [0.1, 0.15) is 5.75 Å². The third kappa shape index (κ3) is 3.56. The van der Waals surface area contributed by atoms with Crippen molar-refractivity contribution < 1.29 is 14.7 Å². The number of phenolic OH excluding ortho intramolecular Hbond substituents is 1. The summed E-state index contributed by atoms with van der Waals surface area (Å²) in [6, 6.07) is 9.43. The predicted octanol–water partition coefficient (Wildman–Crippen LogP) is 2.74. The molecule has 3 N–H and O–H groups in total. The average Bonchev–Trinajstić information content (AvgIpc) is 2.47. The zero-order valence-electron chi connectivity index (χ0n) is 12.1. The van der Waals surface area contributed by atoms with Gasteiger partial charge in [0.25, 0.3) is 11.8 Å². The summed E-state index contributed by atoms with van der Waals surface area (Å²) in [5.74, 6) is -1.05. The Balaban J connectivity index is 2.04. The van der Waals surface area contributed by atoms with Crippen molar-refractivity contribution in [3.05, 3.63) is 63.7 Å². The fraction of sp³-hybridized carbons (Fsp3) is 0.125. The largest absolute Gasteiger partial charge is 0.506 e. The molecule has 0 aliphatic rings. The molecule has 0 unspecified atom stereocenters. The molecule has 2 rings (SSSR count). The molecule has 0 radical (unpaired) electrons. The number of hydrogen-bond acceptors (Lipinski definition) is 3. The highest BCUT2D eigenvalue weighted by Crippen LogP contribution is 2.23. The smallest absolute Gasteiger partial charge is 0.269 e. The molecular weight excluding hydrogens is 304 g/mol. The van der Waals surface area contributed by atoms with Gasteiger partial charge in [0.05, 0.1) is 5.02 Å². The van der Waals surface area contributed by atoms with Crippen molar-refractivity contribution in [1.82, 2.24) is 10.9 Å². The molecule has 2 amide bonds. The third-order valence-electron chi connectivity index (χ3n) is 3.13. The Morgan fingerprint density at radius 2 is 1.68 bits per heavy atom. The highest BCUT2D eigenvalue weighted by Gasteiger charge is 2.12. The standard InChI is InChI=1S/C16H15ClN2O3/c1-9-3-5-12(10(2)7-9)16(22)19-18-15(21)11-4-6-14(20)13(17)8-11/h3-8,20H,1-2H3,(H,18,21)(H,19,22). The SMILES string of the molecule is Cc1ccc(C(=O)NNC(=O)c2ccc(O)c(Cl)c2)c(C)c1. The topological polar surface area (TPSA) is 78.4 Å². The summed E-state index contributed by atoms with van der Waals surface area (Å²) >= 11 is 5.73. The maximum atomic E-state index is 12.0. The molecule has 0 heterocycles. The van der Waals surface area contributed by atoms with Crippen molar-refractivity contribution in [3.63, 3.8) is 0 Å². The van der Waals surface area contributed by atoms with Crippen LogP contribution in [0.1, 0.15) is 31.8 Å². The van der Waals surface area contributed by atoms with Crippen LogP contribution in [-0.2, 0) is 0 Å². The Hall–Kier alpha value is -2.53. The van der Waals surface area contributed by atoms with E-state index in [1.807, 2.05) is 26.0 Å². The number of phenols is 1.